The maximum absolute atomic E-state index is 4.45. The Morgan fingerprint density at radius 3 is 2.37 bits per heavy atom. The van der Waals surface area contributed by atoms with E-state index in [1.54, 1.807) is 0 Å². The fourth-order valence-corrected chi connectivity index (χ4v) is 3.83. The summed E-state index contributed by atoms with van der Waals surface area (Å²) in [5.74, 6) is 0. The first-order valence-corrected chi connectivity index (χ1v) is 9.86. The van der Waals surface area contributed by atoms with Crippen LogP contribution < -0.4 is 5.32 Å². The van der Waals surface area contributed by atoms with Crippen molar-refractivity contribution in [2.45, 2.75) is 31.7 Å². The average Bonchev–Trinajstić information content (AvgIpc) is 2.75. The monoisotopic (exact) mass is 354 g/mol. The number of nitrogens with one attached hydrogen (secondary N) is 1. The molecule has 1 aliphatic rings. The average molecular weight is 354 g/mol. The normalized spacial score (nSPS) is 16.7. The first-order valence-electron chi connectivity index (χ1n) is 9.86. The topological polar surface area (TPSA) is 24.9 Å². The Labute approximate surface area is 162 Å². The van der Waals surface area contributed by atoms with E-state index >= 15 is 0 Å². The van der Waals surface area contributed by atoms with Crippen LogP contribution in [0.4, 0.5) is 0 Å². The zero-order chi connectivity index (χ0) is 18.3. The second kappa shape index (κ2) is 8.79. The van der Waals surface area contributed by atoms with Gasteiger partial charge in [0.2, 0.25) is 0 Å². The molecule has 136 valence electrons. The van der Waals surface area contributed by atoms with Crippen molar-refractivity contribution in [3.63, 3.8) is 0 Å². The molecule has 2 heteroatoms. The summed E-state index contributed by atoms with van der Waals surface area (Å²) >= 11 is 0. The smallest absolute Gasteiger partial charge is 0.0346 e. The molecule has 0 saturated heterocycles. The summed E-state index contributed by atoms with van der Waals surface area (Å²) in [7, 11) is 0. The summed E-state index contributed by atoms with van der Waals surface area (Å²) in [6.45, 7) is 0.972. The minimum absolute atomic E-state index is 0.565. The van der Waals surface area contributed by atoms with Crippen molar-refractivity contribution < 1.29 is 0 Å². The van der Waals surface area contributed by atoms with Gasteiger partial charge < -0.3 is 5.32 Å². The third-order valence-corrected chi connectivity index (χ3v) is 5.29. The molecule has 1 unspecified atom stereocenters. The van der Waals surface area contributed by atoms with Gasteiger partial charge in [0.1, 0.15) is 0 Å². The summed E-state index contributed by atoms with van der Waals surface area (Å²) in [4.78, 5) is 4.45. The largest absolute Gasteiger partial charge is 0.310 e. The van der Waals surface area contributed by atoms with Crippen LogP contribution in [0.15, 0.2) is 85.2 Å². The minimum atomic E-state index is 0.565. The molecule has 2 heterocycles. The Kier molecular flexibility index (Phi) is 5.76. The van der Waals surface area contributed by atoms with Crippen molar-refractivity contribution in [2.75, 3.05) is 6.54 Å². The van der Waals surface area contributed by atoms with Gasteiger partial charge in [0.25, 0.3) is 0 Å². The number of hydrogen-bond acceptors (Lipinski definition) is 2. The first kappa shape index (κ1) is 17.7. The van der Waals surface area contributed by atoms with Gasteiger partial charge in [-0.3, -0.25) is 4.98 Å². The van der Waals surface area contributed by atoms with E-state index in [2.05, 4.69) is 83.1 Å². The molecule has 27 heavy (non-hydrogen) atoms. The van der Waals surface area contributed by atoms with Gasteiger partial charge in [-0.1, -0.05) is 66.7 Å². The molecular weight excluding hydrogens is 328 g/mol. The zero-order valence-electron chi connectivity index (χ0n) is 15.6. The Bertz CT molecular complexity index is 884. The lowest BCUT2D eigenvalue weighted by atomic mass is 9.92. The van der Waals surface area contributed by atoms with Crippen LogP contribution in [0.5, 0.6) is 0 Å². The molecule has 2 nitrogen and oxygen atoms in total. The highest BCUT2D eigenvalue weighted by Crippen LogP contribution is 2.25. The molecule has 1 aliphatic heterocycles. The summed E-state index contributed by atoms with van der Waals surface area (Å²) in [5, 5.41) is 3.65. The summed E-state index contributed by atoms with van der Waals surface area (Å²) in [5.41, 5.74) is 6.61. The fraction of sp³-hybridized carbons (Fsp3) is 0.240. The number of pyridine rings is 1. The van der Waals surface area contributed by atoms with Crippen molar-refractivity contribution in [3.05, 3.63) is 96.3 Å². The molecule has 3 aromatic rings. The highest BCUT2D eigenvalue weighted by molar-refractivity contribution is 5.67. The van der Waals surface area contributed by atoms with Crippen LogP contribution in [0.25, 0.3) is 16.7 Å². The molecule has 0 aliphatic carbocycles. The fourth-order valence-electron chi connectivity index (χ4n) is 3.83. The van der Waals surface area contributed by atoms with Gasteiger partial charge in [-0.2, -0.15) is 0 Å². The molecule has 0 amide bonds. The number of benzene rings is 2. The predicted octanol–water partition coefficient (Wildman–Crippen LogP) is 5.52. The van der Waals surface area contributed by atoms with Crippen LogP contribution in [0.2, 0.25) is 0 Å². The van der Waals surface area contributed by atoms with Crippen molar-refractivity contribution in [2.24, 2.45) is 0 Å². The van der Waals surface area contributed by atoms with Crippen LogP contribution in [0.3, 0.4) is 0 Å². The van der Waals surface area contributed by atoms with Crippen molar-refractivity contribution >= 4 is 5.57 Å². The molecule has 2 aromatic carbocycles. The van der Waals surface area contributed by atoms with E-state index in [0.29, 0.717) is 6.04 Å². The number of hydrogen-bond donors (Lipinski definition) is 1. The van der Waals surface area contributed by atoms with Gasteiger partial charge in [-0.25, -0.2) is 0 Å². The number of aryl methyl sites for hydroxylation is 1. The van der Waals surface area contributed by atoms with Crippen LogP contribution in [-0.4, -0.2) is 17.6 Å². The maximum Gasteiger partial charge on any atom is 0.0346 e. The zero-order valence-corrected chi connectivity index (χ0v) is 15.6. The standard InChI is InChI=1S/C25H26N2/c1-3-9-21(10-4-1)23-14-15-27-25(17-23)13-7-8-20-16-24(19-26-18-20)22-11-5-2-6-12-22/h1-6,9-12,14,16,18-19,25,27H,7-8,13,15,17H2. The first-order chi connectivity index (χ1) is 13.4. The summed E-state index contributed by atoms with van der Waals surface area (Å²) in [6.07, 6.45) is 10.9. The molecule has 1 N–H and O–H groups in total. The molecule has 0 radical (unpaired) electrons. The molecule has 0 fully saturated rings. The Hall–Kier alpha value is -2.71. The highest BCUT2D eigenvalue weighted by atomic mass is 14.9. The molecule has 1 atom stereocenters. The van der Waals surface area contributed by atoms with E-state index in [1.165, 1.54) is 40.7 Å². The predicted molar refractivity (Wildman–Crippen MR) is 113 cm³/mol. The summed E-state index contributed by atoms with van der Waals surface area (Å²) in [6, 6.07) is 24.1. The van der Waals surface area contributed by atoms with Crippen LogP contribution in [-0.2, 0) is 6.42 Å². The Morgan fingerprint density at radius 1 is 0.852 bits per heavy atom. The number of rotatable bonds is 6. The van der Waals surface area contributed by atoms with Gasteiger partial charge in [-0.05, 0) is 54.0 Å². The molecule has 0 bridgehead atoms. The van der Waals surface area contributed by atoms with Gasteiger partial charge in [0, 0.05) is 30.5 Å². The molecular formula is C25H26N2. The van der Waals surface area contributed by atoms with E-state index in [0.717, 1.165) is 19.4 Å². The summed E-state index contributed by atoms with van der Waals surface area (Å²) < 4.78 is 0. The lowest BCUT2D eigenvalue weighted by Crippen LogP contribution is -2.32. The van der Waals surface area contributed by atoms with Gasteiger partial charge in [0.05, 0.1) is 0 Å². The van der Waals surface area contributed by atoms with Crippen molar-refractivity contribution in [1.82, 2.24) is 10.3 Å². The Balaban J connectivity index is 1.32. The van der Waals surface area contributed by atoms with Crippen LogP contribution in [0, 0.1) is 0 Å². The minimum Gasteiger partial charge on any atom is -0.310 e. The second-order valence-electron chi connectivity index (χ2n) is 7.24. The number of nitrogens with zero attached hydrogens (tertiary/aromatic N) is 1. The lowest BCUT2D eigenvalue weighted by Gasteiger charge is -2.24. The van der Waals surface area contributed by atoms with Crippen molar-refractivity contribution in [1.29, 1.82) is 0 Å². The SMILES string of the molecule is C1=C(c2ccccc2)CC(CCCc2cncc(-c3ccccc3)c2)NC1. The second-order valence-corrected chi connectivity index (χ2v) is 7.24. The molecule has 1 aromatic heterocycles. The van der Waals surface area contributed by atoms with Crippen LogP contribution >= 0.6 is 0 Å². The van der Waals surface area contributed by atoms with Crippen molar-refractivity contribution in [3.8, 4) is 11.1 Å². The van der Waals surface area contributed by atoms with E-state index in [4.69, 9.17) is 0 Å². The number of aromatic nitrogens is 1. The Morgan fingerprint density at radius 2 is 1.59 bits per heavy atom. The van der Waals surface area contributed by atoms with Gasteiger partial charge >= 0.3 is 0 Å². The molecule has 4 rings (SSSR count). The molecule has 0 saturated carbocycles. The maximum atomic E-state index is 4.45. The van der Waals surface area contributed by atoms with E-state index in [1.807, 2.05) is 12.4 Å². The lowest BCUT2D eigenvalue weighted by molar-refractivity contribution is 0.485. The molecule has 0 spiro atoms. The third-order valence-electron chi connectivity index (χ3n) is 5.29. The van der Waals surface area contributed by atoms with Gasteiger partial charge in [0.15, 0.2) is 0 Å². The van der Waals surface area contributed by atoms with E-state index < -0.39 is 0 Å². The highest BCUT2D eigenvalue weighted by Gasteiger charge is 2.15. The van der Waals surface area contributed by atoms with Gasteiger partial charge in [-0.15, -0.1) is 0 Å². The van der Waals surface area contributed by atoms with E-state index in [9.17, 15) is 0 Å². The quantitative estimate of drug-likeness (QED) is 0.631. The van der Waals surface area contributed by atoms with E-state index in [-0.39, 0.29) is 0 Å². The third kappa shape index (κ3) is 4.72. The van der Waals surface area contributed by atoms with Crippen LogP contribution in [0.1, 0.15) is 30.4 Å².